The summed E-state index contributed by atoms with van der Waals surface area (Å²) < 4.78 is 5.08. The van der Waals surface area contributed by atoms with E-state index in [0.717, 1.165) is 11.1 Å². The molecule has 1 N–H and O–H groups in total. The third-order valence-corrected chi connectivity index (χ3v) is 3.15. The molecule has 0 aliphatic carbocycles. The summed E-state index contributed by atoms with van der Waals surface area (Å²) in [5.74, 6) is 0.581. The third kappa shape index (κ3) is 2.33. The fourth-order valence-corrected chi connectivity index (χ4v) is 2.15. The molecule has 0 amide bonds. The van der Waals surface area contributed by atoms with Crippen LogP contribution < -0.4 is 5.56 Å². The maximum absolute atomic E-state index is 12.0. The van der Waals surface area contributed by atoms with E-state index in [1.807, 2.05) is 42.5 Å². The first-order valence-electron chi connectivity index (χ1n) is 6.35. The summed E-state index contributed by atoms with van der Waals surface area (Å²) in [6, 6.07) is 15.1. The molecule has 0 saturated carbocycles. The molecular formula is C16H14N2O2. The molecule has 3 aromatic rings. The van der Waals surface area contributed by atoms with Gasteiger partial charge in [0, 0.05) is 12.7 Å². The quantitative estimate of drug-likeness (QED) is 0.793. The summed E-state index contributed by atoms with van der Waals surface area (Å²) in [6.45, 7) is 0.571. The van der Waals surface area contributed by atoms with E-state index in [9.17, 15) is 4.79 Å². The monoisotopic (exact) mass is 266 g/mol. The second-order valence-electron chi connectivity index (χ2n) is 4.56. The van der Waals surface area contributed by atoms with Gasteiger partial charge in [-0.2, -0.15) is 0 Å². The highest BCUT2D eigenvalue weighted by atomic mass is 16.5. The topological polar surface area (TPSA) is 55.0 Å². The van der Waals surface area contributed by atoms with Gasteiger partial charge in [0.25, 0.3) is 5.56 Å². The predicted molar refractivity (Wildman–Crippen MR) is 78.5 cm³/mol. The van der Waals surface area contributed by atoms with Gasteiger partial charge in [-0.1, -0.05) is 36.4 Å². The minimum atomic E-state index is -0.119. The van der Waals surface area contributed by atoms with Gasteiger partial charge in [0.1, 0.15) is 5.82 Å². The minimum absolute atomic E-state index is 0.119. The number of hydrogen-bond acceptors (Lipinski definition) is 3. The van der Waals surface area contributed by atoms with Crippen molar-refractivity contribution in [2.45, 2.75) is 6.61 Å². The standard InChI is InChI=1S/C16H14N2O2/c1-20-10-11-6-8-12(9-7-11)15-17-14-5-3-2-4-13(14)16(19)18-15/h2-9H,10H2,1H3,(H,17,18,19). The van der Waals surface area contributed by atoms with Gasteiger partial charge in [-0.15, -0.1) is 0 Å². The van der Waals surface area contributed by atoms with Gasteiger partial charge >= 0.3 is 0 Å². The number of nitrogens with one attached hydrogen (secondary N) is 1. The Balaban J connectivity index is 2.07. The molecule has 0 saturated heterocycles. The van der Waals surface area contributed by atoms with E-state index < -0.39 is 0 Å². The Kier molecular flexibility index (Phi) is 3.31. The number of para-hydroxylation sites is 1. The molecule has 0 spiro atoms. The van der Waals surface area contributed by atoms with Crippen molar-refractivity contribution in [2.75, 3.05) is 7.11 Å². The van der Waals surface area contributed by atoms with Crippen LogP contribution in [0.3, 0.4) is 0 Å². The van der Waals surface area contributed by atoms with Gasteiger partial charge in [-0.3, -0.25) is 4.79 Å². The van der Waals surface area contributed by atoms with E-state index in [1.165, 1.54) is 0 Å². The maximum atomic E-state index is 12.0. The second kappa shape index (κ2) is 5.27. The van der Waals surface area contributed by atoms with Gasteiger partial charge in [0.2, 0.25) is 0 Å². The molecule has 4 nitrogen and oxygen atoms in total. The Morgan fingerprint density at radius 3 is 2.60 bits per heavy atom. The van der Waals surface area contributed by atoms with E-state index in [1.54, 1.807) is 13.2 Å². The highest BCUT2D eigenvalue weighted by Gasteiger charge is 2.05. The summed E-state index contributed by atoms with van der Waals surface area (Å²) in [6.07, 6.45) is 0. The van der Waals surface area contributed by atoms with Crippen molar-refractivity contribution in [3.05, 3.63) is 64.4 Å². The van der Waals surface area contributed by atoms with E-state index in [0.29, 0.717) is 23.3 Å². The Labute approximate surface area is 116 Å². The molecule has 0 fully saturated rings. The van der Waals surface area contributed by atoms with Crippen molar-refractivity contribution < 1.29 is 4.74 Å². The number of H-pyrrole nitrogens is 1. The smallest absolute Gasteiger partial charge is 0.259 e. The molecule has 2 aromatic carbocycles. The van der Waals surface area contributed by atoms with Crippen molar-refractivity contribution in [3.63, 3.8) is 0 Å². The van der Waals surface area contributed by atoms with Crippen molar-refractivity contribution in [1.29, 1.82) is 0 Å². The van der Waals surface area contributed by atoms with Gasteiger partial charge in [-0.05, 0) is 17.7 Å². The molecule has 1 aromatic heterocycles. The fourth-order valence-electron chi connectivity index (χ4n) is 2.15. The Morgan fingerprint density at radius 1 is 1.10 bits per heavy atom. The average Bonchev–Trinajstić information content (AvgIpc) is 2.48. The highest BCUT2D eigenvalue weighted by Crippen LogP contribution is 2.17. The molecule has 0 radical (unpaired) electrons. The van der Waals surface area contributed by atoms with Crippen LogP contribution in [0.25, 0.3) is 22.3 Å². The molecule has 0 unspecified atom stereocenters. The van der Waals surface area contributed by atoms with Crippen LogP contribution in [-0.4, -0.2) is 17.1 Å². The van der Waals surface area contributed by atoms with Crippen molar-refractivity contribution in [3.8, 4) is 11.4 Å². The zero-order valence-corrected chi connectivity index (χ0v) is 11.1. The number of benzene rings is 2. The third-order valence-electron chi connectivity index (χ3n) is 3.15. The summed E-state index contributed by atoms with van der Waals surface area (Å²) >= 11 is 0. The molecule has 0 aliphatic rings. The Morgan fingerprint density at radius 2 is 1.85 bits per heavy atom. The summed E-state index contributed by atoms with van der Waals surface area (Å²) in [7, 11) is 1.66. The number of nitrogens with zero attached hydrogens (tertiary/aromatic N) is 1. The lowest BCUT2D eigenvalue weighted by Crippen LogP contribution is -2.09. The van der Waals surface area contributed by atoms with Crippen LogP contribution in [0.1, 0.15) is 5.56 Å². The van der Waals surface area contributed by atoms with Gasteiger partial charge in [0.15, 0.2) is 0 Å². The molecule has 3 rings (SSSR count). The van der Waals surface area contributed by atoms with Gasteiger partial charge in [-0.25, -0.2) is 4.98 Å². The van der Waals surface area contributed by atoms with Crippen LogP contribution in [0.4, 0.5) is 0 Å². The summed E-state index contributed by atoms with van der Waals surface area (Å²) in [5.41, 5.74) is 2.55. The first-order valence-corrected chi connectivity index (χ1v) is 6.35. The first-order chi connectivity index (χ1) is 9.78. The van der Waals surface area contributed by atoms with Crippen molar-refractivity contribution in [2.24, 2.45) is 0 Å². The van der Waals surface area contributed by atoms with Crippen LogP contribution in [0.5, 0.6) is 0 Å². The van der Waals surface area contributed by atoms with Crippen LogP contribution in [0, 0.1) is 0 Å². The van der Waals surface area contributed by atoms with Crippen LogP contribution in [0.15, 0.2) is 53.3 Å². The molecule has 1 heterocycles. The van der Waals surface area contributed by atoms with E-state index >= 15 is 0 Å². The lowest BCUT2D eigenvalue weighted by molar-refractivity contribution is 0.185. The average molecular weight is 266 g/mol. The number of aromatic amines is 1. The lowest BCUT2D eigenvalue weighted by Gasteiger charge is -2.04. The van der Waals surface area contributed by atoms with Crippen molar-refractivity contribution in [1.82, 2.24) is 9.97 Å². The molecule has 100 valence electrons. The van der Waals surface area contributed by atoms with Gasteiger partial charge in [0.05, 0.1) is 17.5 Å². The number of rotatable bonds is 3. The second-order valence-corrected chi connectivity index (χ2v) is 4.56. The van der Waals surface area contributed by atoms with Crippen LogP contribution in [-0.2, 0) is 11.3 Å². The van der Waals surface area contributed by atoms with E-state index in [2.05, 4.69) is 9.97 Å². The first kappa shape index (κ1) is 12.6. The Bertz CT molecular complexity index is 791. The zero-order chi connectivity index (χ0) is 13.9. The zero-order valence-electron chi connectivity index (χ0n) is 11.1. The number of aromatic nitrogens is 2. The molecule has 0 bridgehead atoms. The van der Waals surface area contributed by atoms with Crippen LogP contribution >= 0.6 is 0 Å². The van der Waals surface area contributed by atoms with E-state index in [-0.39, 0.29) is 5.56 Å². The number of fused-ring (bicyclic) bond motifs is 1. The Hall–Kier alpha value is -2.46. The fraction of sp³-hybridized carbons (Fsp3) is 0.125. The molecule has 4 heteroatoms. The number of hydrogen-bond donors (Lipinski definition) is 1. The SMILES string of the molecule is COCc1ccc(-c2nc3ccccc3c(=O)[nH]2)cc1. The van der Waals surface area contributed by atoms with Crippen LogP contribution in [0.2, 0.25) is 0 Å². The minimum Gasteiger partial charge on any atom is -0.380 e. The molecule has 20 heavy (non-hydrogen) atoms. The number of ether oxygens (including phenoxy) is 1. The summed E-state index contributed by atoms with van der Waals surface area (Å²) in [4.78, 5) is 19.3. The molecule has 0 atom stereocenters. The van der Waals surface area contributed by atoms with Crippen molar-refractivity contribution >= 4 is 10.9 Å². The normalized spacial score (nSPS) is 10.8. The molecule has 0 aliphatic heterocycles. The predicted octanol–water partition coefficient (Wildman–Crippen LogP) is 2.74. The molecular weight excluding hydrogens is 252 g/mol. The van der Waals surface area contributed by atoms with Gasteiger partial charge < -0.3 is 9.72 Å². The largest absolute Gasteiger partial charge is 0.380 e. The lowest BCUT2D eigenvalue weighted by atomic mass is 10.1. The van der Waals surface area contributed by atoms with E-state index in [4.69, 9.17) is 4.74 Å². The maximum Gasteiger partial charge on any atom is 0.259 e. The number of methoxy groups -OCH3 is 1. The highest BCUT2D eigenvalue weighted by molar-refractivity contribution is 5.79. The summed E-state index contributed by atoms with van der Waals surface area (Å²) in [5, 5.41) is 0.604.